The van der Waals surface area contributed by atoms with Gasteiger partial charge >= 0.3 is 0 Å². The van der Waals surface area contributed by atoms with E-state index in [0.29, 0.717) is 19.0 Å². The predicted octanol–water partition coefficient (Wildman–Crippen LogP) is 1.19. The first-order valence-electron chi connectivity index (χ1n) is 7.98. The number of aromatic nitrogens is 4. The molecule has 0 aliphatic carbocycles. The summed E-state index contributed by atoms with van der Waals surface area (Å²) < 4.78 is 29.0. The van der Waals surface area contributed by atoms with Gasteiger partial charge in [-0.15, -0.1) is 10.2 Å². The lowest BCUT2D eigenvalue weighted by Crippen LogP contribution is -2.38. The number of hydrogen-bond acceptors (Lipinski definition) is 5. The number of hydrogen-bond donors (Lipinski definition) is 0. The van der Waals surface area contributed by atoms with E-state index in [4.69, 9.17) is 0 Å². The molecule has 7 nitrogen and oxygen atoms in total. The van der Waals surface area contributed by atoms with Gasteiger partial charge in [-0.1, -0.05) is 0 Å². The standard InChI is InChI=1S/C15H19N5O2S/c21-23(22,13-3-1-7-16-11-13)19-9-5-12(6-10-19)15-18-17-14-4-2-8-20(14)15/h1,3,7,11-12H,2,4-6,8-10H2. The molecule has 0 radical (unpaired) electrons. The highest BCUT2D eigenvalue weighted by molar-refractivity contribution is 7.89. The predicted molar refractivity (Wildman–Crippen MR) is 83.3 cm³/mol. The van der Waals surface area contributed by atoms with Crippen LogP contribution < -0.4 is 0 Å². The molecule has 0 bridgehead atoms. The topological polar surface area (TPSA) is 81.0 Å². The molecule has 2 aliphatic rings. The van der Waals surface area contributed by atoms with Gasteiger partial charge in [0, 0.05) is 44.4 Å². The highest BCUT2D eigenvalue weighted by Gasteiger charge is 2.32. The molecule has 2 aromatic heterocycles. The Labute approximate surface area is 135 Å². The molecule has 4 rings (SSSR count). The summed E-state index contributed by atoms with van der Waals surface area (Å²) in [5.74, 6) is 2.41. The first-order valence-corrected chi connectivity index (χ1v) is 9.42. The smallest absolute Gasteiger partial charge is 0.244 e. The number of pyridine rings is 1. The SMILES string of the molecule is O=S(=O)(c1cccnc1)N1CCC(c2nnc3n2CCC3)CC1. The molecule has 4 heterocycles. The van der Waals surface area contributed by atoms with E-state index in [1.165, 1.54) is 6.20 Å². The number of piperidine rings is 1. The first-order chi connectivity index (χ1) is 11.2. The van der Waals surface area contributed by atoms with E-state index in [2.05, 4.69) is 19.7 Å². The zero-order chi connectivity index (χ0) is 15.9. The van der Waals surface area contributed by atoms with E-state index in [9.17, 15) is 8.42 Å². The molecule has 1 fully saturated rings. The second-order valence-electron chi connectivity index (χ2n) is 6.10. The van der Waals surface area contributed by atoms with Crippen LogP contribution in [0.25, 0.3) is 0 Å². The third-order valence-corrected chi connectivity index (χ3v) is 6.61. The van der Waals surface area contributed by atoms with Crippen LogP contribution in [0.5, 0.6) is 0 Å². The Morgan fingerprint density at radius 1 is 1.13 bits per heavy atom. The molecule has 0 aromatic carbocycles. The van der Waals surface area contributed by atoms with Crippen molar-refractivity contribution in [3.05, 3.63) is 36.2 Å². The molecule has 0 spiro atoms. The van der Waals surface area contributed by atoms with E-state index in [1.807, 2.05) is 0 Å². The minimum absolute atomic E-state index is 0.266. The highest BCUT2D eigenvalue weighted by atomic mass is 32.2. The molecule has 0 atom stereocenters. The summed E-state index contributed by atoms with van der Waals surface area (Å²) in [4.78, 5) is 4.18. The lowest BCUT2D eigenvalue weighted by Gasteiger charge is -2.30. The number of sulfonamides is 1. The molecule has 0 N–H and O–H groups in total. The van der Waals surface area contributed by atoms with Crippen LogP contribution >= 0.6 is 0 Å². The summed E-state index contributed by atoms with van der Waals surface area (Å²) in [7, 11) is -3.44. The molecule has 8 heteroatoms. The first kappa shape index (κ1) is 14.8. The van der Waals surface area contributed by atoms with E-state index in [1.54, 1.807) is 22.6 Å². The van der Waals surface area contributed by atoms with Crippen molar-refractivity contribution < 1.29 is 8.42 Å². The third-order valence-electron chi connectivity index (χ3n) is 4.73. The van der Waals surface area contributed by atoms with Crippen molar-refractivity contribution in [1.29, 1.82) is 0 Å². The van der Waals surface area contributed by atoms with Crippen molar-refractivity contribution in [1.82, 2.24) is 24.1 Å². The van der Waals surface area contributed by atoms with Gasteiger partial charge in [0.25, 0.3) is 0 Å². The average Bonchev–Trinajstić information content (AvgIpc) is 3.19. The van der Waals surface area contributed by atoms with Gasteiger partial charge < -0.3 is 4.57 Å². The van der Waals surface area contributed by atoms with Crippen LogP contribution in [-0.4, -0.2) is 45.6 Å². The van der Waals surface area contributed by atoms with Gasteiger partial charge in [0.1, 0.15) is 16.5 Å². The third kappa shape index (κ3) is 2.55. The van der Waals surface area contributed by atoms with E-state index < -0.39 is 10.0 Å². The van der Waals surface area contributed by atoms with Gasteiger partial charge in [-0.2, -0.15) is 4.31 Å². The molecule has 0 saturated carbocycles. The average molecular weight is 333 g/mol. The zero-order valence-electron chi connectivity index (χ0n) is 12.8. The van der Waals surface area contributed by atoms with Crippen LogP contribution in [0.3, 0.4) is 0 Å². The Morgan fingerprint density at radius 3 is 2.70 bits per heavy atom. The number of fused-ring (bicyclic) bond motifs is 1. The lowest BCUT2D eigenvalue weighted by atomic mass is 9.97. The van der Waals surface area contributed by atoms with Crippen LogP contribution in [0, 0.1) is 0 Å². The molecule has 2 aliphatic heterocycles. The summed E-state index contributed by atoms with van der Waals surface area (Å²) in [5.41, 5.74) is 0. The Bertz CT molecular complexity index is 795. The van der Waals surface area contributed by atoms with E-state index >= 15 is 0 Å². The maximum absolute atomic E-state index is 12.6. The van der Waals surface area contributed by atoms with Gasteiger partial charge in [-0.25, -0.2) is 8.42 Å². The Kier molecular flexibility index (Phi) is 3.65. The highest BCUT2D eigenvalue weighted by Crippen LogP contribution is 2.31. The van der Waals surface area contributed by atoms with Gasteiger partial charge in [0.05, 0.1) is 0 Å². The number of nitrogens with zero attached hydrogens (tertiary/aromatic N) is 5. The quantitative estimate of drug-likeness (QED) is 0.843. The maximum atomic E-state index is 12.6. The molecule has 0 amide bonds. The van der Waals surface area contributed by atoms with Crippen LogP contribution in [0.15, 0.2) is 29.4 Å². The van der Waals surface area contributed by atoms with Crippen molar-refractivity contribution in [2.75, 3.05) is 13.1 Å². The lowest BCUT2D eigenvalue weighted by molar-refractivity contribution is 0.309. The minimum Gasteiger partial charge on any atom is -0.315 e. The molecule has 1 saturated heterocycles. The van der Waals surface area contributed by atoms with Crippen molar-refractivity contribution >= 4 is 10.0 Å². The zero-order valence-corrected chi connectivity index (χ0v) is 13.6. The summed E-state index contributed by atoms with van der Waals surface area (Å²) in [6, 6.07) is 3.25. The van der Waals surface area contributed by atoms with E-state index in [-0.39, 0.29) is 4.90 Å². The largest absolute Gasteiger partial charge is 0.315 e. The second-order valence-corrected chi connectivity index (χ2v) is 8.03. The van der Waals surface area contributed by atoms with Gasteiger partial charge in [0.15, 0.2) is 0 Å². The summed E-state index contributed by atoms with van der Waals surface area (Å²) >= 11 is 0. The molecule has 23 heavy (non-hydrogen) atoms. The molecular weight excluding hydrogens is 314 g/mol. The van der Waals surface area contributed by atoms with Crippen LogP contribution in [-0.2, 0) is 23.0 Å². The molecule has 2 aromatic rings. The van der Waals surface area contributed by atoms with E-state index in [0.717, 1.165) is 43.9 Å². The van der Waals surface area contributed by atoms with Crippen molar-refractivity contribution in [2.45, 2.75) is 43.0 Å². The second kappa shape index (κ2) is 5.68. The van der Waals surface area contributed by atoms with Crippen molar-refractivity contribution in [3.63, 3.8) is 0 Å². The Morgan fingerprint density at radius 2 is 1.96 bits per heavy atom. The summed E-state index contributed by atoms with van der Waals surface area (Å²) in [6.07, 6.45) is 6.70. The Hall–Kier alpha value is -1.80. The molecule has 0 unspecified atom stereocenters. The fourth-order valence-electron chi connectivity index (χ4n) is 3.48. The van der Waals surface area contributed by atoms with Crippen molar-refractivity contribution in [2.24, 2.45) is 0 Å². The summed E-state index contributed by atoms with van der Waals surface area (Å²) in [5, 5.41) is 8.60. The summed E-state index contributed by atoms with van der Waals surface area (Å²) in [6.45, 7) is 2.03. The van der Waals surface area contributed by atoms with Gasteiger partial charge in [-0.05, 0) is 31.4 Å². The fraction of sp³-hybridized carbons (Fsp3) is 0.533. The fourth-order valence-corrected chi connectivity index (χ4v) is 4.91. The monoisotopic (exact) mass is 333 g/mol. The maximum Gasteiger partial charge on any atom is 0.244 e. The van der Waals surface area contributed by atoms with Gasteiger partial charge in [-0.3, -0.25) is 4.98 Å². The normalized spacial score (nSPS) is 19.8. The number of rotatable bonds is 3. The van der Waals surface area contributed by atoms with Gasteiger partial charge in [0.2, 0.25) is 10.0 Å². The van der Waals surface area contributed by atoms with Crippen LogP contribution in [0.1, 0.15) is 36.8 Å². The Balaban J connectivity index is 1.49. The van der Waals surface area contributed by atoms with Crippen molar-refractivity contribution in [3.8, 4) is 0 Å². The molecule has 122 valence electrons. The number of aryl methyl sites for hydroxylation is 1. The van der Waals surface area contributed by atoms with Crippen LogP contribution in [0.4, 0.5) is 0 Å². The van der Waals surface area contributed by atoms with Crippen LogP contribution in [0.2, 0.25) is 0 Å². The molecular formula is C15H19N5O2S. The minimum atomic E-state index is -3.44.